The third-order valence-electron chi connectivity index (χ3n) is 3.55. The maximum Gasteiger partial charge on any atom is 0.224 e. The van der Waals surface area contributed by atoms with Gasteiger partial charge in [-0.1, -0.05) is 12.1 Å². The zero-order valence-corrected chi connectivity index (χ0v) is 11.7. The molecule has 1 fully saturated rings. The molecule has 1 aromatic carbocycles. The van der Waals surface area contributed by atoms with Crippen molar-refractivity contribution in [3.63, 3.8) is 0 Å². The monoisotopic (exact) mass is 287 g/mol. The molecular formula is C15H18FN5. The van der Waals surface area contributed by atoms with Crippen LogP contribution in [0.1, 0.15) is 12.0 Å². The quantitative estimate of drug-likeness (QED) is 0.897. The highest BCUT2D eigenvalue weighted by Crippen LogP contribution is 2.18. The van der Waals surface area contributed by atoms with Crippen LogP contribution in [0.15, 0.2) is 36.5 Å². The lowest BCUT2D eigenvalue weighted by Gasteiger charge is -2.17. The van der Waals surface area contributed by atoms with Crippen molar-refractivity contribution in [1.29, 1.82) is 0 Å². The van der Waals surface area contributed by atoms with Gasteiger partial charge in [0.25, 0.3) is 0 Å². The molecular weight excluding hydrogens is 269 g/mol. The van der Waals surface area contributed by atoms with E-state index >= 15 is 0 Å². The number of nitrogens with two attached hydrogens (primary N) is 1. The Morgan fingerprint density at radius 1 is 1.29 bits per heavy atom. The Labute approximate surface area is 123 Å². The van der Waals surface area contributed by atoms with E-state index in [1.165, 1.54) is 12.1 Å². The van der Waals surface area contributed by atoms with Crippen molar-refractivity contribution in [1.82, 2.24) is 9.97 Å². The standard InChI is InChI=1S/C15H18FN5/c16-12-3-1-11(2-4-12)9-19-15-18-7-5-14(20-15)21-8-6-13(17)10-21/h1-5,7,13H,6,8-10,17H2,(H,18,19,20)/t13-/m1/s1. The summed E-state index contributed by atoms with van der Waals surface area (Å²) in [5.41, 5.74) is 6.90. The van der Waals surface area contributed by atoms with E-state index in [-0.39, 0.29) is 11.9 Å². The number of hydrogen-bond acceptors (Lipinski definition) is 5. The molecule has 3 N–H and O–H groups in total. The molecule has 5 nitrogen and oxygen atoms in total. The molecule has 1 saturated heterocycles. The fourth-order valence-corrected chi connectivity index (χ4v) is 2.39. The summed E-state index contributed by atoms with van der Waals surface area (Å²) in [6, 6.07) is 8.48. The van der Waals surface area contributed by atoms with Crippen LogP contribution in [0.4, 0.5) is 16.2 Å². The summed E-state index contributed by atoms with van der Waals surface area (Å²) in [5, 5.41) is 3.15. The maximum atomic E-state index is 12.8. The minimum absolute atomic E-state index is 0.218. The van der Waals surface area contributed by atoms with Crippen molar-refractivity contribution >= 4 is 11.8 Å². The van der Waals surface area contributed by atoms with Gasteiger partial charge in [-0.05, 0) is 30.2 Å². The molecule has 0 saturated carbocycles. The fraction of sp³-hybridized carbons (Fsp3) is 0.333. The number of aromatic nitrogens is 2. The lowest BCUT2D eigenvalue weighted by molar-refractivity contribution is 0.627. The number of hydrogen-bond donors (Lipinski definition) is 2. The zero-order valence-electron chi connectivity index (χ0n) is 11.7. The van der Waals surface area contributed by atoms with Gasteiger partial charge in [-0.15, -0.1) is 0 Å². The number of benzene rings is 1. The summed E-state index contributed by atoms with van der Waals surface area (Å²) in [4.78, 5) is 10.9. The van der Waals surface area contributed by atoms with Crippen LogP contribution in [-0.4, -0.2) is 29.1 Å². The second-order valence-electron chi connectivity index (χ2n) is 5.21. The van der Waals surface area contributed by atoms with Crippen molar-refractivity contribution < 1.29 is 4.39 Å². The van der Waals surface area contributed by atoms with Gasteiger partial charge in [0, 0.05) is 31.9 Å². The van der Waals surface area contributed by atoms with Crippen molar-refractivity contribution in [2.75, 3.05) is 23.3 Å². The third-order valence-corrected chi connectivity index (χ3v) is 3.55. The van der Waals surface area contributed by atoms with Gasteiger partial charge < -0.3 is 16.0 Å². The van der Waals surface area contributed by atoms with Gasteiger partial charge in [0.15, 0.2) is 0 Å². The van der Waals surface area contributed by atoms with E-state index in [2.05, 4.69) is 20.2 Å². The molecule has 21 heavy (non-hydrogen) atoms. The van der Waals surface area contributed by atoms with Gasteiger partial charge in [-0.3, -0.25) is 0 Å². The predicted molar refractivity (Wildman–Crippen MR) is 80.6 cm³/mol. The largest absolute Gasteiger partial charge is 0.355 e. The Balaban J connectivity index is 1.64. The van der Waals surface area contributed by atoms with Gasteiger partial charge in [-0.2, -0.15) is 4.98 Å². The summed E-state index contributed by atoms with van der Waals surface area (Å²) in [6.45, 7) is 2.31. The molecule has 0 aliphatic carbocycles. The molecule has 2 aromatic rings. The van der Waals surface area contributed by atoms with Crippen LogP contribution >= 0.6 is 0 Å². The van der Waals surface area contributed by atoms with Crippen LogP contribution in [0.3, 0.4) is 0 Å². The van der Waals surface area contributed by atoms with Gasteiger partial charge in [0.2, 0.25) is 5.95 Å². The number of nitrogens with zero attached hydrogens (tertiary/aromatic N) is 3. The van der Waals surface area contributed by atoms with Crippen molar-refractivity contribution in [2.24, 2.45) is 5.73 Å². The number of nitrogens with one attached hydrogen (secondary N) is 1. The van der Waals surface area contributed by atoms with Crippen LogP contribution < -0.4 is 16.0 Å². The minimum Gasteiger partial charge on any atom is -0.355 e. The molecule has 1 aromatic heterocycles. The van der Waals surface area contributed by atoms with E-state index in [1.54, 1.807) is 18.3 Å². The van der Waals surface area contributed by atoms with E-state index < -0.39 is 0 Å². The van der Waals surface area contributed by atoms with Crippen LogP contribution in [0.25, 0.3) is 0 Å². The highest BCUT2D eigenvalue weighted by molar-refractivity contribution is 5.44. The van der Waals surface area contributed by atoms with Crippen molar-refractivity contribution in [2.45, 2.75) is 19.0 Å². The molecule has 6 heteroatoms. The van der Waals surface area contributed by atoms with Crippen LogP contribution in [0.5, 0.6) is 0 Å². The smallest absolute Gasteiger partial charge is 0.224 e. The van der Waals surface area contributed by atoms with E-state index in [9.17, 15) is 4.39 Å². The molecule has 1 atom stereocenters. The molecule has 0 amide bonds. The predicted octanol–water partition coefficient (Wildman–Crippen LogP) is 1.77. The zero-order chi connectivity index (χ0) is 14.7. The van der Waals surface area contributed by atoms with Gasteiger partial charge in [-0.25, -0.2) is 9.37 Å². The molecule has 0 spiro atoms. The van der Waals surface area contributed by atoms with E-state index in [4.69, 9.17) is 5.73 Å². The molecule has 1 aliphatic rings. The average Bonchev–Trinajstić information content (AvgIpc) is 2.94. The molecule has 1 aliphatic heterocycles. The van der Waals surface area contributed by atoms with Crippen LogP contribution in [0, 0.1) is 5.82 Å². The van der Waals surface area contributed by atoms with E-state index in [0.29, 0.717) is 12.5 Å². The first-order chi connectivity index (χ1) is 10.2. The van der Waals surface area contributed by atoms with E-state index in [0.717, 1.165) is 30.9 Å². The van der Waals surface area contributed by atoms with Crippen LogP contribution in [-0.2, 0) is 6.54 Å². The van der Waals surface area contributed by atoms with Gasteiger partial charge >= 0.3 is 0 Å². The summed E-state index contributed by atoms with van der Waals surface area (Å²) < 4.78 is 12.8. The second-order valence-corrected chi connectivity index (χ2v) is 5.21. The van der Waals surface area contributed by atoms with Gasteiger partial charge in [0.1, 0.15) is 11.6 Å². The maximum absolute atomic E-state index is 12.8. The van der Waals surface area contributed by atoms with Crippen LogP contribution in [0.2, 0.25) is 0 Å². The second kappa shape index (κ2) is 6.05. The Morgan fingerprint density at radius 2 is 2.10 bits per heavy atom. The highest BCUT2D eigenvalue weighted by Gasteiger charge is 2.20. The minimum atomic E-state index is -0.234. The van der Waals surface area contributed by atoms with Gasteiger partial charge in [0.05, 0.1) is 0 Å². The molecule has 2 heterocycles. The molecule has 110 valence electrons. The summed E-state index contributed by atoms with van der Waals surface area (Å²) >= 11 is 0. The average molecular weight is 287 g/mol. The Morgan fingerprint density at radius 3 is 2.81 bits per heavy atom. The summed E-state index contributed by atoms with van der Waals surface area (Å²) in [6.07, 6.45) is 2.72. The Hall–Kier alpha value is -2.21. The number of anilines is 2. The normalized spacial score (nSPS) is 18.0. The molecule has 0 unspecified atom stereocenters. The molecule has 0 radical (unpaired) electrons. The van der Waals surface area contributed by atoms with Crippen molar-refractivity contribution in [3.8, 4) is 0 Å². The highest BCUT2D eigenvalue weighted by atomic mass is 19.1. The fourth-order valence-electron chi connectivity index (χ4n) is 2.39. The third kappa shape index (κ3) is 3.46. The first-order valence-electron chi connectivity index (χ1n) is 7.02. The topological polar surface area (TPSA) is 67.1 Å². The lowest BCUT2D eigenvalue weighted by Crippen LogP contribution is -2.27. The van der Waals surface area contributed by atoms with E-state index in [1.807, 2.05) is 6.07 Å². The summed E-state index contributed by atoms with van der Waals surface area (Å²) in [7, 11) is 0. The Bertz CT molecular complexity index is 601. The lowest BCUT2D eigenvalue weighted by atomic mass is 10.2. The Kier molecular flexibility index (Phi) is 3.96. The first-order valence-corrected chi connectivity index (χ1v) is 7.02. The summed E-state index contributed by atoms with van der Waals surface area (Å²) in [5.74, 6) is 1.22. The van der Waals surface area contributed by atoms with Crippen molar-refractivity contribution in [3.05, 3.63) is 47.9 Å². The SMILES string of the molecule is N[C@@H]1CCN(c2ccnc(NCc3ccc(F)cc3)n2)C1. The molecule has 3 rings (SSSR count). The number of rotatable bonds is 4. The number of halogens is 1. The first kappa shape index (κ1) is 13.8. The molecule has 0 bridgehead atoms.